The van der Waals surface area contributed by atoms with E-state index in [1.807, 2.05) is 39.0 Å². The van der Waals surface area contributed by atoms with Crippen molar-refractivity contribution in [2.75, 3.05) is 12.4 Å². The zero-order valence-corrected chi connectivity index (χ0v) is 15.7. The Bertz CT molecular complexity index is 745. The Balaban J connectivity index is 2.14. The highest BCUT2D eigenvalue weighted by Crippen LogP contribution is 2.25. The molecular weight excluding hydrogens is 328 g/mol. The molecule has 0 saturated carbocycles. The van der Waals surface area contributed by atoms with E-state index in [4.69, 9.17) is 11.1 Å². The van der Waals surface area contributed by atoms with E-state index in [1.165, 1.54) is 6.21 Å². The summed E-state index contributed by atoms with van der Waals surface area (Å²) >= 11 is 0. The summed E-state index contributed by atoms with van der Waals surface area (Å²) in [6.45, 7) is 5.77. The summed E-state index contributed by atoms with van der Waals surface area (Å²) in [5.41, 5.74) is 8.98. The number of fused-ring (bicyclic) bond motifs is 1. The van der Waals surface area contributed by atoms with Crippen LogP contribution in [0.2, 0.25) is 0 Å². The quantitative estimate of drug-likeness (QED) is 0.265. The Morgan fingerprint density at radius 1 is 1.46 bits per heavy atom. The molecule has 7 nitrogen and oxygen atoms in total. The largest absolute Gasteiger partial charge is 0.512 e. The van der Waals surface area contributed by atoms with E-state index in [1.54, 1.807) is 25.5 Å². The van der Waals surface area contributed by atoms with Crippen LogP contribution in [0.25, 0.3) is 11.6 Å². The van der Waals surface area contributed by atoms with E-state index in [2.05, 4.69) is 20.9 Å². The number of pyridine rings is 1. The van der Waals surface area contributed by atoms with Crippen LogP contribution in [0.1, 0.15) is 32.0 Å². The second-order valence-electron chi connectivity index (χ2n) is 7.16. The van der Waals surface area contributed by atoms with Gasteiger partial charge >= 0.3 is 0 Å². The van der Waals surface area contributed by atoms with Gasteiger partial charge in [-0.15, -0.1) is 0 Å². The first-order valence-corrected chi connectivity index (χ1v) is 8.50. The Morgan fingerprint density at radius 2 is 2.19 bits per heavy atom. The monoisotopic (exact) mass is 356 g/mol. The highest BCUT2D eigenvalue weighted by Gasteiger charge is 2.19. The molecule has 7 N–H and O–H groups in total. The number of anilines is 1. The number of aliphatic hydroxyl groups is 1. The molecular formula is C19H28N6O. The van der Waals surface area contributed by atoms with Gasteiger partial charge in [-0.1, -0.05) is 20.8 Å². The van der Waals surface area contributed by atoms with Gasteiger partial charge in [0.1, 0.15) is 0 Å². The number of allylic oxidation sites excluding steroid dienone is 2. The van der Waals surface area contributed by atoms with Gasteiger partial charge in [0.2, 0.25) is 0 Å². The van der Waals surface area contributed by atoms with Crippen molar-refractivity contribution >= 4 is 23.6 Å². The van der Waals surface area contributed by atoms with Gasteiger partial charge < -0.3 is 26.9 Å². The van der Waals surface area contributed by atoms with Gasteiger partial charge in [0.15, 0.2) is 0 Å². The van der Waals surface area contributed by atoms with Crippen molar-refractivity contribution in [1.29, 1.82) is 5.41 Å². The fourth-order valence-electron chi connectivity index (χ4n) is 2.42. The van der Waals surface area contributed by atoms with Gasteiger partial charge in [-0.05, 0) is 24.3 Å². The van der Waals surface area contributed by atoms with Crippen LogP contribution < -0.4 is 21.7 Å². The molecule has 0 saturated heterocycles. The third-order valence-corrected chi connectivity index (χ3v) is 3.94. The molecule has 140 valence electrons. The fourth-order valence-corrected chi connectivity index (χ4v) is 2.42. The summed E-state index contributed by atoms with van der Waals surface area (Å²) in [5, 5.41) is 27.1. The first-order chi connectivity index (χ1) is 12.2. The molecule has 2 rings (SSSR count). The van der Waals surface area contributed by atoms with Crippen molar-refractivity contribution < 1.29 is 5.11 Å². The Morgan fingerprint density at radius 3 is 2.81 bits per heavy atom. The maximum atomic E-state index is 10.1. The van der Waals surface area contributed by atoms with Crippen LogP contribution in [-0.2, 0) is 0 Å². The molecule has 26 heavy (non-hydrogen) atoms. The number of nitrogens with one attached hydrogen (secondary N) is 4. The average Bonchev–Trinajstić information content (AvgIpc) is 2.58. The molecule has 0 aromatic carbocycles. The summed E-state index contributed by atoms with van der Waals surface area (Å²) in [7, 11) is 1.79. The molecule has 0 fully saturated rings. The molecule has 0 radical (unpaired) electrons. The van der Waals surface area contributed by atoms with E-state index in [0.29, 0.717) is 0 Å². The maximum absolute atomic E-state index is 10.1. The topological polar surface area (TPSA) is 119 Å². The van der Waals surface area contributed by atoms with Crippen LogP contribution >= 0.6 is 0 Å². The Labute approximate surface area is 154 Å². The predicted molar refractivity (Wildman–Crippen MR) is 108 cm³/mol. The number of hydrogen-bond acceptors (Lipinski definition) is 7. The number of rotatable bonds is 6. The summed E-state index contributed by atoms with van der Waals surface area (Å²) in [5.74, 6) is 0.245. The summed E-state index contributed by atoms with van der Waals surface area (Å²) < 4.78 is 0. The molecule has 0 bridgehead atoms. The van der Waals surface area contributed by atoms with Gasteiger partial charge in [0.05, 0.1) is 29.5 Å². The molecule has 2 atom stereocenters. The number of aromatic nitrogens is 1. The van der Waals surface area contributed by atoms with Gasteiger partial charge in [0, 0.05) is 42.2 Å². The van der Waals surface area contributed by atoms with E-state index < -0.39 is 6.17 Å². The zero-order valence-electron chi connectivity index (χ0n) is 15.7. The lowest BCUT2D eigenvalue weighted by molar-refractivity contribution is 0.272. The van der Waals surface area contributed by atoms with Crippen LogP contribution in [-0.4, -0.2) is 35.7 Å². The molecule has 1 aliphatic heterocycles. The van der Waals surface area contributed by atoms with Gasteiger partial charge in [-0.3, -0.25) is 10.3 Å². The lowest BCUT2D eigenvalue weighted by atomic mass is 9.93. The molecule has 0 spiro atoms. The van der Waals surface area contributed by atoms with Gasteiger partial charge in [-0.2, -0.15) is 0 Å². The normalized spacial score (nSPS) is 18.7. The SMILES string of the molecule is CN/C=C(\C=N)c1cnc2c(c1)NC(NC(N)/C=C(\O)C(C)(C)C)C=C2. The van der Waals surface area contributed by atoms with Crippen molar-refractivity contribution in [3.05, 3.63) is 47.6 Å². The maximum Gasteiger partial charge on any atom is 0.0979 e. The zero-order chi connectivity index (χ0) is 19.3. The summed E-state index contributed by atoms with van der Waals surface area (Å²) in [6.07, 6.45) is 9.53. The van der Waals surface area contributed by atoms with Crippen LogP contribution in [0.5, 0.6) is 0 Å². The second kappa shape index (κ2) is 8.16. The first-order valence-electron chi connectivity index (χ1n) is 8.50. The minimum absolute atomic E-state index is 0.199. The highest BCUT2D eigenvalue weighted by molar-refractivity contribution is 6.08. The number of hydrogen-bond donors (Lipinski definition) is 6. The lowest BCUT2D eigenvalue weighted by Gasteiger charge is -2.26. The fraction of sp³-hybridized carbons (Fsp3) is 0.368. The molecule has 1 aromatic rings. The van der Waals surface area contributed by atoms with Crippen molar-refractivity contribution in [3.63, 3.8) is 0 Å². The van der Waals surface area contributed by atoms with Crippen LogP contribution in [0.3, 0.4) is 0 Å². The molecule has 0 aliphatic carbocycles. The standard InChI is InChI=1S/C19H28N6O/c1-19(2,3)16(26)8-17(21)25-18-6-5-14-15(24-18)7-12(11-23-14)13(9-20)10-22-4/h5-11,17-18,20,22,24-26H,21H2,1-4H3/b13-10+,16-8-,20-9?. The average molecular weight is 356 g/mol. The second-order valence-corrected chi connectivity index (χ2v) is 7.16. The Kier molecular flexibility index (Phi) is 6.18. The van der Waals surface area contributed by atoms with E-state index >= 15 is 0 Å². The van der Waals surface area contributed by atoms with Crippen molar-refractivity contribution in [3.8, 4) is 0 Å². The van der Waals surface area contributed by atoms with E-state index in [-0.39, 0.29) is 17.3 Å². The third-order valence-electron chi connectivity index (χ3n) is 3.94. The molecule has 7 heteroatoms. The third kappa shape index (κ3) is 4.93. The summed E-state index contributed by atoms with van der Waals surface area (Å²) in [6, 6.07) is 1.95. The lowest BCUT2D eigenvalue weighted by Crippen LogP contribution is -2.46. The minimum atomic E-state index is -0.504. The van der Waals surface area contributed by atoms with E-state index in [9.17, 15) is 5.11 Å². The van der Waals surface area contributed by atoms with Gasteiger partial charge in [-0.25, -0.2) is 0 Å². The van der Waals surface area contributed by atoms with Gasteiger partial charge in [0.25, 0.3) is 0 Å². The van der Waals surface area contributed by atoms with Crippen molar-refractivity contribution in [2.45, 2.75) is 33.1 Å². The smallest absolute Gasteiger partial charge is 0.0979 e. The number of aliphatic hydroxyl groups excluding tert-OH is 1. The molecule has 1 aromatic heterocycles. The van der Waals surface area contributed by atoms with E-state index in [0.717, 1.165) is 22.5 Å². The highest BCUT2D eigenvalue weighted by atomic mass is 16.3. The van der Waals surface area contributed by atoms with Crippen LogP contribution in [0, 0.1) is 10.8 Å². The number of nitrogens with zero attached hydrogens (tertiary/aromatic N) is 1. The molecule has 1 aliphatic rings. The van der Waals surface area contributed by atoms with Crippen LogP contribution in [0.4, 0.5) is 5.69 Å². The minimum Gasteiger partial charge on any atom is -0.512 e. The molecule has 2 unspecified atom stereocenters. The van der Waals surface area contributed by atoms with Crippen LogP contribution in [0.15, 0.2) is 36.4 Å². The molecule has 0 amide bonds. The molecule has 2 heterocycles. The Hall–Kier alpha value is -2.64. The van der Waals surface area contributed by atoms with Crippen molar-refractivity contribution in [1.82, 2.24) is 15.6 Å². The predicted octanol–water partition coefficient (Wildman–Crippen LogP) is 2.42. The van der Waals surface area contributed by atoms with Crippen molar-refractivity contribution in [2.24, 2.45) is 11.1 Å². The summed E-state index contributed by atoms with van der Waals surface area (Å²) in [4.78, 5) is 4.43. The number of nitrogens with two attached hydrogens (primary N) is 1. The first kappa shape index (κ1) is 19.7.